The number of H-pyrrole nitrogens is 1. The van der Waals surface area contributed by atoms with E-state index in [2.05, 4.69) is 30.5 Å². The normalized spacial score (nSPS) is 12.0. The number of nitrogens with two attached hydrogens (primary N) is 1. The summed E-state index contributed by atoms with van der Waals surface area (Å²) in [6.45, 7) is 1.81. The van der Waals surface area contributed by atoms with Crippen LogP contribution in [0.2, 0.25) is 5.02 Å². The number of benzene rings is 2. The molecule has 3 heterocycles. The van der Waals surface area contributed by atoms with Gasteiger partial charge in [0.05, 0.1) is 39.9 Å². The molecule has 0 spiro atoms. The lowest BCUT2D eigenvalue weighted by Crippen LogP contribution is -2.29. The number of anilines is 1. The number of aromatic nitrogens is 5. The molecule has 5 rings (SSSR count). The number of aromatic amines is 1. The lowest BCUT2D eigenvalue weighted by atomic mass is 10.0. The molecule has 0 fully saturated rings. The van der Waals surface area contributed by atoms with Crippen LogP contribution in [0.5, 0.6) is 0 Å². The Bertz CT molecular complexity index is 1540. The van der Waals surface area contributed by atoms with Gasteiger partial charge in [0.15, 0.2) is 11.5 Å². The first-order valence-electron chi connectivity index (χ1n) is 10.7. The molecule has 2 aromatic carbocycles. The lowest BCUT2D eigenvalue weighted by molar-refractivity contribution is 0.0935. The number of nitrogens with zero attached hydrogens (tertiary/aromatic N) is 4. The Morgan fingerprint density at radius 2 is 1.86 bits per heavy atom. The van der Waals surface area contributed by atoms with Crippen molar-refractivity contribution in [1.29, 1.82) is 0 Å². The summed E-state index contributed by atoms with van der Waals surface area (Å²) in [5, 5.41) is 10.9. The van der Waals surface area contributed by atoms with Crippen molar-refractivity contribution >= 4 is 34.2 Å². The van der Waals surface area contributed by atoms with Gasteiger partial charge in [0.1, 0.15) is 5.82 Å². The zero-order chi connectivity index (χ0) is 24.5. The van der Waals surface area contributed by atoms with Crippen LogP contribution in [0.4, 0.5) is 10.2 Å². The summed E-state index contributed by atoms with van der Waals surface area (Å²) in [5.41, 5.74) is 9.44. The van der Waals surface area contributed by atoms with Gasteiger partial charge in [-0.2, -0.15) is 5.10 Å². The zero-order valence-corrected chi connectivity index (χ0v) is 19.2. The Kier molecular flexibility index (Phi) is 5.84. The highest BCUT2D eigenvalue weighted by Gasteiger charge is 2.22. The van der Waals surface area contributed by atoms with E-state index < -0.39 is 11.7 Å². The number of carbonyl (C=O) groups excluding carboxylic acids is 1. The van der Waals surface area contributed by atoms with E-state index in [1.165, 1.54) is 12.1 Å². The van der Waals surface area contributed by atoms with Crippen molar-refractivity contribution in [3.63, 3.8) is 0 Å². The van der Waals surface area contributed by atoms with Gasteiger partial charge in [0, 0.05) is 22.7 Å². The van der Waals surface area contributed by atoms with Gasteiger partial charge in [-0.25, -0.2) is 14.4 Å². The predicted molar refractivity (Wildman–Crippen MR) is 132 cm³/mol. The van der Waals surface area contributed by atoms with Crippen LogP contribution in [0.1, 0.15) is 29.1 Å². The lowest BCUT2D eigenvalue weighted by Gasteiger charge is -2.16. The second-order valence-electron chi connectivity index (χ2n) is 7.90. The Balaban J connectivity index is 1.63. The van der Waals surface area contributed by atoms with Gasteiger partial charge in [-0.05, 0) is 55.5 Å². The van der Waals surface area contributed by atoms with Gasteiger partial charge >= 0.3 is 0 Å². The summed E-state index contributed by atoms with van der Waals surface area (Å²) in [5.74, 6) is -0.955. The number of hydrogen-bond acceptors (Lipinski definition) is 6. The summed E-state index contributed by atoms with van der Waals surface area (Å²) in [4.78, 5) is 26.5. The molecule has 0 saturated carbocycles. The van der Waals surface area contributed by atoms with Crippen LogP contribution < -0.4 is 11.1 Å². The summed E-state index contributed by atoms with van der Waals surface area (Å²) >= 11 is 6.46. The van der Waals surface area contributed by atoms with Crippen LogP contribution in [-0.2, 0) is 0 Å². The smallest absolute Gasteiger partial charge is 0.274 e. The van der Waals surface area contributed by atoms with Crippen LogP contribution in [0.15, 0.2) is 67.0 Å². The van der Waals surface area contributed by atoms with Crippen molar-refractivity contribution < 1.29 is 9.18 Å². The molecular weight excluding hydrogens is 469 g/mol. The minimum Gasteiger partial charge on any atom is -0.382 e. The highest BCUT2D eigenvalue weighted by Crippen LogP contribution is 2.35. The molecule has 1 amide bonds. The van der Waals surface area contributed by atoms with Gasteiger partial charge in [0.2, 0.25) is 0 Å². The Morgan fingerprint density at radius 1 is 1.09 bits per heavy atom. The standard InChI is InChI=1S/C25H19ClFN7O/c1-13(19-4-2-3-9-29-19)31-25(35)23-24(28)33-21(14-5-7-17(27)8-6-14)22(32-23)15-10-16-12-30-34-20(16)18(26)11-15/h2-13H,1H3,(H2,28,33)(H,30,34)(H,31,35). The number of halogens is 2. The number of carbonyl (C=O) groups is 1. The van der Waals surface area contributed by atoms with Gasteiger partial charge in [-0.1, -0.05) is 17.7 Å². The van der Waals surface area contributed by atoms with E-state index in [-0.39, 0.29) is 17.6 Å². The molecule has 5 aromatic rings. The topological polar surface area (TPSA) is 122 Å². The zero-order valence-electron chi connectivity index (χ0n) is 18.5. The van der Waals surface area contributed by atoms with Crippen LogP contribution in [-0.4, -0.2) is 31.1 Å². The molecule has 0 radical (unpaired) electrons. The fourth-order valence-corrected chi connectivity index (χ4v) is 4.02. The quantitative estimate of drug-likeness (QED) is 0.322. The van der Waals surface area contributed by atoms with E-state index in [9.17, 15) is 9.18 Å². The molecule has 1 atom stereocenters. The molecule has 0 aliphatic heterocycles. The first-order valence-corrected chi connectivity index (χ1v) is 11.1. The molecule has 35 heavy (non-hydrogen) atoms. The number of rotatable bonds is 5. The van der Waals surface area contributed by atoms with E-state index in [0.29, 0.717) is 38.7 Å². The highest BCUT2D eigenvalue weighted by molar-refractivity contribution is 6.35. The molecule has 174 valence electrons. The Morgan fingerprint density at radius 3 is 2.60 bits per heavy atom. The molecule has 4 N–H and O–H groups in total. The van der Waals surface area contributed by atoms with E-state index in [1.54, 1.807) is 36.7 Å². The Labute approximate surface area is 204 Å². The first kappa shape index (κ1) is 22.4. The number of fused-ring (bicyclic) bond motifs is 1. The highest BCUT2D eigenvalue weighted by atomic mass is 35.5. The average molecular weight is 488 g/mol. The van der Waals surface area contributed by atoms with E-state index in [4.69, 9.17) is 17.3 Å². The van der Waals surface area contributed by atoms with Crippen molar-refractivity contribution in [3.05, 3.63) is 89.2 Å². The van der Waals surface area contributed by atoms with Crippen molar-refractivity contribution in [2.75, 3.05) is 5.73 Å². The molecule has 0 aliphatic rings. The number of pyridine rings is 1. The third-order valence-electron chi connectivity index (χ3n) is 5.51. The van der Waals surface area contributed by atoms with Crippen LogP contribution in [0.3, 0.4) is 0 Å². The largest absolute Gasteiger partial charge is 0.382 e. The maximum Gasteiger partial charge on any atom is 0.274 e. The van der Waals surface area contributed by atoms with Crippen molar-refractivity contribution in [2.45, 2.75) is 13.0 Å². The summed E-state index contributed by atoms with van der Waals surface area (Å²) in [6, 6.07) is 14.4. The molecule has 8 nitrogen and oxygen atoms in total. The van der Waals surface area contributed by atoms with E-state index in [0.717, 1.165) is 5.39 Å². The second-order valence-corrected chi connectivity index (χ2v) is 8.31. The van der Waals surface area contributed by atoms with Crippen molar-refractivity contribution in [3.8, 4) is 22.5 Å². The molecule has 1 unspecified atom stereocenters. The first-order chi connectivity index (χ1) is 16.9. The number of hydrogen-bond donors (Lipinski definition) is 3. The second kappa shape index (κ2) is 9.11. The number of amides is 1. The molecule has 3 aromatic heterocycles. The summed E-state index contributed by atoms with van der Waals surface area (Å²) in [6.07, 6.45) is 3.28. The van der Waals surface area contributed by atoms with Gasteiger partial charge in [-0.15, -0.1) is 0 Å². The fraction of sp³-hybridized carbons (Fsp3) is 0.0800. The maximum absolute atomic E-state index is 13.6. The van der Waals surface area contributed by atoms with Crippen LogP contribution in [0, 0.1) is 5.82 Å². The third-order valence-corrected chi connectivity index (χ3v) is 5.81. The molecule has 0 aliphatic carbocycles. The SMILES string of the molecule is CC(NC(=O)c1nc(-c2cc(Cl)c3[nH]ncc3c2)c(-c2ccc(F)cc2)nc1N)c1ccccn1. The monoisotopic (exact) mass is 487 g/mol. The fourth-order valence-electron chi connectivity index (χ4n) is 3.75. The van der Waals surface area contributed by atoms with E-state index in [1.807, 2.05) is 25.1 Å². The molecule has 10 heteroatoms. The van der Waals surface area contributed by atoms with Crippen molar-refractivity contribution in [1.82, 2.24) is 30.5 Å². The summed E-state index contributed by atoms with van der Waals surface area (Å²) < 4.78 is 13.6. The van der Waals surface area contributed by atoms with Crippen molar-refractivity contribution in [2.24, 2.45) is 0 Å². The molecular formula is C25H19ClFN7O. The van der Waals surface area contributed by atoms with Gasteiger partial charge < -0.3 is 11.1 Å². The minimum atomic E-state index is -0.504. The number of nitrogen functional groups attached to an aromatic ring is 1. The van der Waals surface area contributed by atoms with Crippen LogP contribution in [0.25, 0.3) is 33.4 Å². The predicted octanol–water partition coefficient (Wildman–Crippen LogP) is 4.95. The van der Waals surface area contributed by atoms with Crippen LogP contribution >= 0.6 is 11.6 Å². The van der Waals surface area contributed by atoms with Gasteiger partial charge in [0.25, 0.3) is 5.91 Å². The minimum absolute atomic E-state index is 0.0444. The average Bonchev–Trinajstić information content (AvgIpc) is 3.34. The Hall–Kier alpha value is -4.37. The maximum atomic E-state index is 13.6. The number of nitrogens with one attached hydrogen (secondary N) is 2. The molecule has 0 saturated heterocycles. The summed E-state index contributed by atoms with van der Waals surface area (Å²) in [7, 11) is 0. The van der Waals surface area contributed by atoms with E-state index >= 15 is 0 Å². The van der Waals surface area contributed by atoms with Gasteiger partial charge in [-0.3, -0.25) is 14.9 Å². The third kappa shape index (κ3) is 4.41. The molecule has 0 bridgehead atoms.